The molecule has 1 aromatic carbocycles. The Morgan fingerprint density at radius 3 is 2.45 bits per heavy atom. The Labute approximate surface area is 121 Å². The second-order valence-corrected chi connectivity index (χ2v) is 3.80. The summed E-state index contributed by atoms with van der Waals surface area (Å²) in [6.45, 7) is -0.682. The molecule has 0 atom stereocenters. The summed E-state index contributed by atoms with van der Waals surface area (Å²) in [6, 6.07) is 2.46. The lowest BCUT2D eigenvalue weighted by atomic mass is 10.2. The Kier molecular flexibility index (Phi) is 5.10. The van der Waals surface area contributed by atoms with E-state index in [1.165, 1.54) is 0 Å². The van der Waals surface area contributed by atoms with Crippen LogP contribution in [0.15, 0.2) is 23.5 Å². The van der Waals surface area contributed by atoms with Crippen molar-refractivity contribution in [2.75, 3.05) is 13.6 Å². The van der Waals surface area contributed by atoms with Crippen LogP contribution < -0.4 is 4.84 Å². The molecule has 0 aliphatic carbocycles. The third-order valence-electron chi connectivity index (χ3n) is 2.22. The molecule has 0 heterocycles. The van der Waals surface area contributed by atoms with Gasteiger partial charge < -0.3 is 10.3 Å². The van der Waals surface area contributed by atoms with E-state index in [-0.39, 0.29) is 4.97 Å². The van der Waals surface area contributed by atoms with Crippen molar-refractivity contribution < 1.29 is 29.6 Å². The largest absolute Gasteiger partial charge is 0.569 e. The maximum Gasteiger partial charge on any atom is 0.329 e. The van der Waals surface area contributed by atoms with Gasteiger partial charge in [0.1, 0.15) is 0 Å². The van der Waals surface area contributed by atoms with E-state index in [0.29, 0.717) is 11.1 Å². The van der Waals surface area contributed by atoms with Crippen LogP contribution in [0, 0.1) is 25.4 Å². The Bertz CT molecular complexity index is 645. The van der Waals surface area contributed by atoms with E-state index in [1.807, 2.05) is 0 Å². The van der Waals surface area contributed by atoms with Crippen molar-refractivity contribution in [1.29, 1.82) is 0 Å². The predicted octanol–water partition coefficient (Wildman–Crippen LogP) is 0.691. The van der Waals surface area contributed by atoms with Crippen molar-refractivity contribution in [1.82, 2.24) is 5.01 Å². The van der Waals surface area contributed by atoms with E-state index < -0.39 is 39.5 Å². The number of hydrogen-bond acceptors (Lipinski definition) is 8. The van der Waals surface area contributed by atoms with E-state index in [0.717, 1.165) is 19.2 Å². The quantitative estimate of drug-likeness (QED) is 0.328. The summed E-state index contributed by atoms with van der Waals surface area (Å²) in [6.07, 6.45) is 0. The first-order valence-corrected chi connectivity index (χ1v) is 5.43. The minimum absolute atomic E-state index is 0.237. The monoisotopic (exact) mass is 315 g/mol. The van der Waals surface area contributed by atoms with E-state index in [2.05, 4.69) is 10.1 Å². The highest BCUT2D eigenvalue weighted by molar-refractivity contribution is 5.68. The zero-order valence-corrected chi connectivity index (χ0v) is 11.0. The lowest BCUT2D eigenvalue weighted by Gasteiger charge is -2.09. The van der Waals surface area contributed by atoms with E-state index in [9.17, 15) is 30.2 Å². The van der Waals surface area contributed by atoms with Crippen LogP contribution in [0.5, 0.6) is 5.75 Å². The summed E-state index contributed by atoms with van der Waals surface area (Å²) >= 11 is 0. The highest BCUT2D eigenvalue weighted by atomic mass is 16.7. The molecule has 0 fully saturated rings. The second-order valence-electron chi connectivity index (χ2n) is 3.80. The second kappa shape index (κ2) is 6.78. The fourth-order valence-corrected chi connectivity index (χ4v) is 1.24. The molecule has 0 bridgehead atoms. The number of carboxylic acid groups (broad SMARTS) is 1. The number of non-ortho nitro benzene ring substituents is 1. The predicted molar refractivity (Wildman–Crippen MR) is 66.7 cm³/mol. The first-order valence-electron chi connectivity index (χ1n) is 5.43. The molecular formula is C9H9N5O8. The molecule has 1 rings (SSSR count). The zero-order valence-electron chi connectivity index (χ0n) is 11.0. The van der Waals surface area contributed by atoms with Gasteiger partial charge in [-0.1, -0.05) is 0 Å². The molecule has 0 unspecified atom stereocenters. The topological polar surface area (TPSA) is 174 Å². The number of likely N-dealkylation sites (N-methyl/N-ethyl adjacent to an activating group) is 1. The Hall–Kier alpha value is -3.51. The first-order chi connectivity index (χ1) is 10.2. The molecule has 22 heavy (non-hydrogen) atoms. The number of benzene rings is 1. The highest BCUT2D eigenvalue weighted by Crippen LogP contribution is 2.31. The molecule has 0 aliphatic rings. The summed E-state index contributed by atoms with van der Waals surface area (Å²) in [7, 11) is 1.10. The van der Waals surface area contributed by atoms with Crippen molar-refractivity contribution >= 4 is 17.3 Å². The standard InChI is InChI=1S/C9H9N5O8/c1-11(5-9(15)16)14(21)10-22-8-3-2-6(12(17)18)4-7(8)13(19)20/h2-4H,5H2,1H3,(H,15,16)/b14-10-. The molecule has 0 radical (unpaired) electrons. The van der Waals surface area contributed by atoms with Gasteiger partial charge >= 0.3 is 11.7 Å². The maximum absolute atomic E-state index is 11.3. The third-order valence-corrected chi connectivity index (χ3v) is 2.22. The number of aliphatic carboxylic acids is 1. The lowest BCUT2D eigenvalue weighted by molar-refractivity contribution is -0.699. The van der Waals surface area contributed by atoms with Crippen LogP contribution >= 0.6 is 0 Å². The molecule has 13 nitrogen and oxygen atoms in total. The van der Waals surface area contributed by atoms with Gasteiger partial charge in [-0.05, 0) is 6.07 Å². The van der Waals surface area contributed by atoms with Crippen LogP contribution in [0.2, 0.25) is 0 Å². The molecule has 0 saturated heterocycles. The molecule has 13 heteroatoms. The number of carboxylic acids is 1. The molecule has 1 N–H and O–H groups in total. The fraction of sp³-hybridized carbons (Fsp3) is 0.222. The van der Waals surface area contributed by atoms with Crippen LogP contribution in [0.4, 0.5) is 11.4 Å². The summed E-state index contributed by atoms with van der Waals surface area (Å²) in [5.41, 5.74) is -1.31. The Morgan fingerprint density at radius 1 is 1.32 bits per heavy atom. The lowest BCUT2D eigenvalue weighted by Crippen LogP contribution is -2.32. The molecule has 0 aromatic heterocycles. The number of carbonyl (C=O) groups is 1. The van der Waals surface area contributed by atoms with Crippen LogP contribution in [0.1, 0.15) is 0 Å². The van der Waals surface area contributed by atoms with Crippen molar-refractivity contribution in [3.63, 3.8) is 0 Å². The minimum atomic E-state index is -1.31. The Balaban J connectivity index is 3.00. The van der Waals surface area contributed by atoms with Crippen molar-refractivity contribution in [2.45, 2.75) is 0 Å². The average Bonchev–Trinajstić information content (AvgIpc) is 2.43. The van der Waals surface area contributed by atoms with E-state index >= 15 is 0 Å². The number of hydrogen-bond donors (Lipinski definition) is 1. The summed E-state index contributed by atoms with van der Waals surface area (Å²) in [5.74, 6) is -1.82. The van der Waals surface area contributed by atoms with Crippen LogP contribution in [0.3, 0.4) is 0 Å². The third kappa shape index (κ3) is 4.26. The van der Waals surface area contributed by atoms with Gasteiger partial charge in [0.05, 0.1) is 27.9 Å². The van der Waals surface area contributed by atoms with Crippen LogP contribution in [-0.4, -0.2) is 44.5 Å². The molecule has 0 spiro atoms. The summed E-state index contributed by atoms with van der Waals surface area (Å²) in [4.78, 5) is 34.2. The SMILES string of the molecule is CN(CC(=O)O)/[N+]([O-])=N/Oc1ccc([N+](=O)[O-])cc1[N+](=O)[O-]. The van der Waals surface area contributed by atoms with Crippen molar-refractivity contribution in [3.05, 3.63) is 43.6 Å². The fourth-order valence-electron chi connectivity index (χ4n) is 1.24. The molecule has 0 amide bonds. The van der Waals surface area contributed by atoms with Gasteiger partial charge in [-0.15, -0.1) is 5.01 Å². The summed E-state index contributed by atoms with van der Waals surface area (Å²) < 4.78 is 0. The van der Waals surface area contributed by atoms with Gasteiger partial charge in [0.2, 0.25) is 11.0 Å². The van der Waals surface area contributed by atoms with E-state index in [4.69, 9.17) is 5.11 Å². The minimum Gasteiger partial charge on any atom is -0.569 e. The van der Waals surface area contributed by atoms with E-state index in [1.54, 1.807) is 0 Å². The average molecular weight is 315 g/mol. The van der Waals surface area contributed by atoms with Crippen LogP contribution in [-0.2, 0) is 4.79 Å². The number of nitro benzene ring substituents is 2. The van der Waals surface area contributed by atoms with Crippen molar-refractivity contribution in [3.8, 4) is 5.75 Å². The number of hydrazine groups is 1. The van der Waals surface area contributed by atoms with Gasteiger partial charge in [-0.3, -0.25) is 29.9 Å². The summed E-state index contributed by atoms with van der Waals surface area (Å²) in [5, 5.41) is 44.7. The van der Waals surface area contributed by atoms with Gasteiger partial charge in [0.25, 0.3) is 5.69 Å². The highest BCUT2D eigenvalue weighted by Gasteiger charge is 2.22. The molecule has 1 aromatic rings. The molecule has 118 valence electrons. The molecular weight excluding hydrogens is 306 g/mol. The first kappa shape index (κ1) is 16.5. The smallest absolute Gasteiger partial charge is 0.329 e. The molecule has 0 saturated carbocycles. The molecule has 0 aliphatic heterocycles. The number of nitrogens with zero attached hydrogens (tertiary/aromatic N) is 5. The number of nitro groups is 2. The van der Waals surface area contributed by atoms with Gasteiger partial charge in [0.15, 0.2) is 6.54 Å². The zero-order chi connectivity index (χ0) is 16.9. The van der Waals surface area contributed by atoms with Crippen molar-refractivity contribution in [2.24, 2.45) is 5.28 Å². The van der Waals surface area contributed by atoms with Gasteiger partial charge in [-0.25, -0.2) is 0 Å². The van der Waals surface area contributed by atoms with Crippen LogP contribution in [0.25, 0.3) is 0 Å². The normalized spacial score (nSPS) is 10.9. The Morgan fingerprint density at radius 2 is 1.95 bits per heavy atom. The van der Waals surface area contributed by atoms with Gasteiger partial charge in [-0.2, -0.15) is 0 Å². The maximum atomic E-state index is 11.3. The number of rotatable bonds is 7. The van der Waals surface area contributed by atoms with Gasteiger partial charge in [0, 0.05) is 6.07 Å².